The molecule has 0 saturated heterocycles. The summed E-state index contributed by atoms with van der Waals surface area (Å²) in [5.41, 5.74) is 10.8. The number of rotatable bonds is 2. The fourth-order valence-electron chi connectivity index (χ4n) is 2.21. The van der Waals surface area contributed by atoms with Gasteiger partial charge in [-0.05, 0) is 55.0 Å². The van der Waals surface area contributed by atoms with Gasteiger partial charge in [0.2, 0.25) is 0 Å². The zero-order chi connectivity index (χ0) is 14.1. The minimum Gasteiger partial charge on any atom is -0.398 e. The van der Waals surface area contributed by atoms with Crippen molar-refractivity contribution >= 4 is 43.9 Å². The van der Waals surface area contributed by atoms with Crippen molar-refractivity contribution in [3.05, 3.63) is 58.7 Å². The Hall–Kier alpha value is -2.07. The molecule has 0 aliphatic carbocycles. The van der Waals surface area contributed by atoms with Gasteiger partial charge in [-0.2, -0.15) is 0 Å². The van der Waals surface area contributed by atoms with Crippen LogP contribution in [-0.2, 0) is 0 Å². The highest BCUT2D eigenvalue weighted by Crippen LogP contribution is 2.30. The molecule has 0 fully saturated rings. The number of hydrogen-bond acceptors (Lipinski definition) is 3. The van der Waals surface area contributed by atoms with Crippen LogP contribution in [0.25, 0.3) is 10.9 Å². The van der Waals surface area contributed by atoms with Crippen LogP contribution in [0.3, 0.4) is 0 Å². The average Bonchev–Trinajstić information content (AvgIpc) is 2.45. The largest absolute Gasteiger partial charge is 0.398 e. The molecule has 0 aliphatic heterocycles. The van der Waals surface area contributed by atoms with Crippen molar-refractivity contribution in [1.29, 1.82) is 0 Å². The number of nitrogens with zero attached hydrogens (tertiary/aromatic N) is 1. The third-order valence-corrected chi connectivity index (χ3v) is 3.75. The van der Waals surface area contributed by atoms with Crippen LogP contribution in [0.5, 0.6) is 0 Å². The van der Waals surface area contributed by atoms with Gasteiger partial charge in [0.25, 0.3) is 0 Å². The van der Waals surface area contributed by atoms with Crippen LogP contribution in [0, 0.1) is 6.92 Å². The van der Waals surface area contributed by atoms with Crippen LogP contribution in [0.2, 0.25) is 0 Å². The summed E-state index contributed by atoms with van der Waals surface area (Å²) in [7, 11) is 0. The number of nitrogens with two attached hydrogens (primary N) is 1. The minimum atomic E-state index is 0.742. The highest BCUT2D eigenvalue weighted by Gasteiger charge is 2.06. The Morgan fingerprint density at radius 1 is 1.10 bits per heavy atom. The van der Waals surface area contributed by atoms with Crippen molar-refractivity contribution in [3.63, 3.8) is 0 Å². The van der Waals surface area contributed by atoms with E-state index in [4.69, 9.17) is 5.73 Å². The molecule has 3 nitrogen and oxygen atoms in total. The van der Waals surface area contributed by atoms with Crippen LogP contribution < -0.4 is 11.1 Å². The van der Waals surface area contributed by atoms with Crippen molar-refractivity contribution in [2.75, 3.05) is 11.1 Å². The zero-order valence-corrected chi connectivity index (χ0v) is 12.6. The fraction of sp³-hybridized carbons (Fsp3) is 0.0625. The summed E-state index contributed by atoms with van der Waals surface area (Å²) in [6, 6.07) is 13.9. The fourth-order valence-corrected chi connectivity index (χ4v) is 2.68. The lowest BCUT2D eigenvalue weighted by atomic mass is 10.1. The second-order valence-corrected chi connectivity index (χ2v) is 5.60. The Kier molecular flexibility index (Phi) is 3.32. The standard InChI is InChI=1S/C16H14BrN3/c1-10-9-11(17)4-6-14(10)20-15-7-5-13(18)12-3-2-8-19-16(12)15/h2-9,20H,18H2,1H3. The van der Waals surface area contributed by atoms with Crippen molar-refractivity contribution in [2.45, 2.75) is 6.92 Å². The number of hydrogen-bond donors (Lipinski definition) is 2. The average molecular weight is 328 g/mol. The smallest absolute Gasteiger partial charge is 0.0957 e. The van der Waals surface area contributed by atoms with E-state index in [0.717, 1.165) is 32.4 Å². The molecule has 0 unspecified atom stereocenters. The van der Waals surface area contributed by atoms with E-state index in [1.54, 1.807) is 6.20 Å². The molecule has 0 radical (unpaired) electrons. The third-order valence-electron chi connectivity index (χ3n) is 3.26. The summed E-state index contributed by atoms with van der Waals surface area (Å²) in [4.78, 5) is 4.43. The molecule has 0 atom stereocenters. The topological polar surface area (TPSA) is 50.9 Å². The van der Waals surface area contributed by atoms with Gasteiger partial charge < -0.3 is 11.1 Å². The monoisotopic (exact) mass is 327 g/mol. The van der Waals surface area contributed by atoms with Gasteiger partial charge in [0.05, 0.1) is 11.2 Å². The van der Waals surface area contributed by atoms with Crippen LogP contribution >= 0.6 is 15.9 Å². The Labute approximate surface area is 126 Å². The van der Waals surface area contributed by atoms with Gasteiger partial charge in [-0.3, -0.25) is 4.98 Å². The summed E-state index contributed by atoms with van der Waals surface area (Å²) in [6.07, 6.45) is 1.78. The van der Waals surface area contributed by atoms with E-state index in [1.807, 2.05) is 36.4 Å². The molecule has 3 aromatic rings. The number of fused-ring (bicyclic) bond motifs is 1. The Morgan fingerprint density at radius 2 is 1.90 bits per heavy atom. The number of pyridine rings is 1. The van der Waals surface area contributed by atoms with E-state index in [0.29, 0.717) is 0 Å². The quantitative estimate of drug-likeness (QED) is 0.674. The Balaban J connectivity index is 2.09. The summed E-state index contributed by atoms with van der Waals surface area (Å²) >= 11 is 3.47. The minimum absolute atomic E-state index is 0.742. The number of benzene rings is 2. The van der Waals surface area contributed by atoms with Gasteiger partial charge in [-0.1, -0.05) is 15.9 Å². The lowest BCUT2D eigenvalue weighted by molar-refractivity contribution is 1.39. The van der Waals surface area contributed by atoms with Gasteiger partial charge in [-0.25, -0.2) is 0 Å². The molecule has 0 saturated carbocycles. The first-order valence-corrected chi connectivity index (χ1v) is 7.11. The van der Waals surface area contributed by atoms with Crippen molar-refractivity contribution in [1.82, 2.24) is 4.98 Å². The van der Waals surface area contributed by atoms with Gasteiger partial charge in [0.1, 0.15) is 0 Å². The molecule has 100 valence electrons. The number of nitrogens with one attached hydrogen (secondary N) is 1. The Bertz CT molecular complexity index is 784. The second-order valence-electron chi connectivity index (χ2n) is 4.69. The van der Waals surface area contributed by atoms with Crippen molar-refractivity contribution < 1.29 is 0 Å². The zero-order valence-electron chi connectivity index (χ0n) is 11.0. The predicted molar refractivity (Wildman–Crippen MR) is 88.3 cm³/mol. The predicted octanol–water partition coefficient (Wildman–Crippen LogP) is 4.63. The first-order chi connectivity index (χ1) is 9.65. The molecule has 0 bridgehead atoms. The molecule has 20 heavy (non-hydrogen) atoms. The van der Waals surface area contributed by atoms with E-state index >= 15 is 0 Å². The van der Waals surface area contributed by atoms with E-state index in [1.165, 1.54) is 5.56 Å². The van der Waals surface area contributed by atoms with Crippen molar-refractivity contribution in [3.8, 4) is 0 Å². The summed E-state index contributed by atoms with van der Waals surface area (Å²) < 4.78 is 1.07. The molecule has 2 aromatic carbocycles. The number of halogens is 1. The summed E-state index contributed by atoms with van der Waals surface area (Å²) in [6.45, 7) is 2.07. The maximum atomic E-state index is 5.99. The van der Waals surface area contributed by atoms with Crippen LogP contribution in [-0.4, -0.2) is 4.98 Å². The van der Waals surface area contributed by atoms with Gasteiger partial charge in [0.15, 0.2) is 0 Å². The molecular formula is C16H14BrN3. The molecular weight excluding hydrogens is 314 g/mol. The first kappa shape index (κ1) is 12.9. The van der Waals surface area contributed by atoms with E-state index in [-0.39, 0.29) is 0 Å². The molecule has 0 aliphatic rings. The number of aromatic nitrogens is 1. The number of nitrogen functional groups attached to an aromatic ring is 1. The maximum absolute atomic E-state index is 5.99. The van der Waals surface area contributed by atoms with Gasteiger partial charge in [-0.15, -0.1) is 0 Å². The molecule has 1 heterocycles. The lowest BCUT2D eigenvalue weighted by Crippen LogP contribution is -1.97. The number of aryl methyl sites for hydroxylation is 1. The SMILES string of the molecule is Cc1cc(Br)ccc1Nc1ccc(N)c2cccnc12. The van der Waals surface area contributed by atoms with E-state index < -0.39 is 0 Å². The van der Waals surface area contributed by atoms with Gasteiger partial charge in [0, 0.05) is 27.4 Å². The van der Waals surface area contributed by atoms with Crippen LogP contribution in [0.4, 0.5) is 17.1 Å². The van der Waals surface area contributed by atoms with E-state index in [9.17, 15) is 0 Å². The highest BCUT2D eigenvalue weighted by molar-refractivity contribution is 9.10. The van der Waals surface area contributed by atoms with Crippen LogP contribution in [0.15, 0.2) is 53.1 Å². The highest BCUT2D eigenvalue weighted by atomic mass is 79.9. The Morgan fingerprint density at radius 3 is 2.70 bits per heavy atom. The third kappa shape index (κ3) is 2.34. The maximum Gasteiger partial charge on any atom is 0.0957 e. The lowest BCUT2D eigenvalue weighted by Gasteiger charge is -2.12. The second kappa shape index (κ2) is 5.13. The molecule has 3 N–H and O–H groups in total. The number of anilines is 3. The molecule has 1 aromatic heterocycles. The van der Waals surface area contributed by atoms with E-state index in [2.05, 4.69) is 39.2 Å². The molecule has 0 amide bonds. The summed E-state index contributed by atoms with van der Waals surface area (Å²) in [5, 5.41) is 4.40. The first-order valence-electron chi connectivity index (χ1n) is 6.31. The molecule has 4 heteroatoms. The molecule has 3 rings (SSSR count). The van der Waals surface area contributed by atoms with Crippen LogP contribution in [0.1, 0.15) is 5.56 Å². The van der Waals surface area contributed by atoms with Gasteiger partial charge >= 0.3 is 0 Å². The summed E-state index contributed by atoms with van der Waals surface area (Å²) in [5.74, 6) is 0. The molecule has 0 spiro atoms. The van der Waals surface area contributed by atoms with Crippen molar-refractivity contribution in [2.24, 2.45) is 0 Å². The normalized spacial score (nSPS) is 10.7.